The van der Waals surface area contributed by atoms with Gasteiger partial charge in [-0.15, -0.1) is 10.8 Å². The maximum atomic E-state index is 13.6. The topological polar surface area (TPSA) is 114 Å². The van der Waals surface area contributed by atoms with Gasteiger partial charge in [0.1, 0.15) is 5.75 Å². The lowest BCUT2D eigenvalue weighted by Gasteiger charge is -2.38. The van der Waals surface area contributed by atoms with Crippen molar-refractivity contribution in [1.82, 2.24) is 10.6 Å². The summed E-state index contributed by atoms with van der Waals surface area (Å²) in [5.41, 5.74) is 1.20. The van der Waals surface area contributed by atoms with Crippen LogP contribution < -0.4 is 19.7 Å². The third kappa shape index (κ3) is 9.10. The minimum absolute atomic E-state index is 0.00442. The van der Waals surface area contributed by atoms with Crippen LogP contribution in [-0.4, -0.2) is 57.2 Å². The van der Waals surface area contributed by atoms with E-state index in [0.717, 1.165) is 17.7 Å². The van der Waals surface area contributed by atoms with E-state index in [4.69, 9.17) is 4.74 Å². The van der Waals surface area contributed by atoms with Crippen molar-refractivity contribution >= 4 is 22.4 Å². The van der Waals surface area contributed by atoms with Gasteiger partial charge >= 0.3 is 6.18 Å². The molecule has 1 heterocycles. The number of hydrogen-bond donors (Lipinski definition) is 5. The molecule has 234 valence electrons. The van der Waals surface area contributed by atoms with Crippen LogP contribution in [-0.2, 0) is 19.1 Å². The quantitative estimate of drug-likeness (QED) is 0.172. The first kappa shape index (κ1) is 32.6. The molecule has 5 N–H and O–H groups in total. The zero-order valence-corrected chi connectivity index (χ0v) is 24.9. The fourth-order valence-electron chi connectivity index (χ4n) is 4.92. The molecule has 4 rings (SSSR count). The molecular weight excluding hydrogens is 583 g/mol. The van der Waals surface area contributed by atoms with Crippen LogP contribution in [0.3, 0.4) is 0 Å². The van der Waals surface area contributed by atoms with Crippen molar-refractivity contribution in [3.63, 3.8) is 0 Å². The van der Waals surface area contributed by atoms with Crippen molar-refractivity contribution in [2.75, 3.05) is 23.1 Å². The van der Waals surface area contributed by atoms with Crippen molar-refractivity contribution < 1.29 is 36.9 Å². The molecule has 3 aromatic carbocycles. The average molecular weight is 622 g/mol. The van der Waals surface area contributed by atoms with Crippen LogP contribution in [0.15, 0.2) is 72.8 Å². The lowest BCUT2D eigenvalue weighted by atomic mass is 10.00. The van der Waals surface area contributed by atoms with E-state index in [0.29, 0.717) is 36.4 Å². The first-order valence-corrected chi connectivity index (χ1v) is 15.7. The number of benzene rings is 3. The van der Waals surface area contributed by atoms with Crippen molar-refractivity contribution in [2.45, 2.75) is 57.7 Å². The molecule has 0 radical (unpaired) electrons. The minimum atomic E-state index is -4.45. The molecule has 0 aliphatic carbocycles. The van der Waals surface area contributed by atoms with Gasteiger partial charge in [0.05, 0.1) is 35.3 Å². The summed E-state index contributed by atoms with van der Waals surface area (Å²) in [5.74, 6) is 0.134. The Labute approximate surface area is 251 Å². The molecule has 3 aromatic rings. The highest BCUT2D eigenvalue weighted by molar-refractivity contribution is 8.25. The van der Waals surface area contributed by atoms with Crippen molar-refractivity contribution in [1.29, 1.82) is 0 Å². The van der Waals surface area contributed by atoms with E-state index in [9.17, 15) is 32.2 Å². The predicted molar refractivity (Wildman–Crippen MR) is 162 cm³/mol. The summed E-state index contributed by atoms with van der Waals surface area (Å²) in [6, 6.07) is 18.3. The van der Waals surface area contributed by atoms with Crippen molar-refractivity contribution in [2.24, 2.45) is 0 Å². The zero-order valence-electron chi connectivity index (χ0n) is 24.1. The molecule has 1 aliphatic heterocycles. The van der Waals surface area contributed by atoms with Gasteiger partial charge in [-0.1, -0.05) is 48.5 Å². The molecule has 1 amide bonds. The Hall–Kier alpha value is -3.29. The predicted octanol–water partition coefficient (Wildman–Crippen LogP) is 5.86. The fraction of sp³-hybridized carbons (Fsp3) is 0.387. The van der Waals surface area contributed by atoms with Gasteiger partial charge in [-0.05, 0) is 56.0 Å². The van der Waals surface area contributed by atoms with Gasteiger partial charge in [-0.3, -0.25) is 18.2 Å². The van der Waals surface area contributed by atoms with Crippen LogP contribution in [0.1, 0.15) is 47.3 Å². The lowest BCUT2D eigenvalue weighted by Crippen LogP contribution is -2.48. The second kappa shape index (κ2) is 14.0. The normalized spacial score (nSPS) is 17.0. The van der Waals surface area contributed by atoms with Crippen molar-refractivity contribution in [3.8, 4) is 5.75 Å². The van der Waals surface area contributed by atoms with E-state index in [1.54, 1.807) is 24.3 Å². The Bertz CT molecular complexity index is 1370. The van der Waals surface area contributed by atoms with Crippen LogP contribution in [0.25, 0.3) is 0 Å². The van der Waals surface area contributed by atoms with E-state index in [2.05, 4.69) is 10.6 Å². The fourth-order valence-corrected chi connectivity index (χ4v) is 6.52. The third-order valence-electron chi connectivity index (χ3n) is 6.96. The van der Waals surface area contributed by atoms with Gasteiger partial charge < -0.3 is 20.5 Å². The van der Waals surface area contributed by atoms with E-state index in [1.807, 2.05) is 44.2 Å². The number of nitrogens with zero attached hydrogens (tertiary/aromatic N) is 1. The number of alkyl halides is 3. The Kier molecular flexibility index (Phi) is 10.6. The second-order valence-corrected chi connectivity index (χ2v) is 13.0. The smallest absolute Gasteiger partial charge is 0.416 e. The van der Waals surface area contributed by atoms with E-state index in [1.165, 1.54) is 10.4 Å². The first-order valence-electron chi connectivity index (χ1n) is 14.1. The zero-order chi connectivity index (χ0) is 31.2. The summed E-state index contributed by atoms with van der Waals surface area (Å²) in [5, 5.41) is 17.0. The van der Waals surface area contributed by atoms with E-state index >= 15 is 0 Å². The maximum Gasteiger partial charge on any atom is 0.416 e. The Balaban J connectivity index is 1.52. The second-order valence-electron chi connectivity index (χ2n) is 10.8. The number of carbonyl (C=O) groups is 1. The molecule has 0 bridgehead atoms. The van der Waals surface area contributed by atoms with Crippen LogP contribution >= 0.6 is 10.8 Å². The van der Waals surface area contributed by atoms with Gasteiger partial charge in [-0.2, -0.15) is 13.2 Å². The SMILES string of the molecule is CC(C)Oc1cc(C(=O)N[C@@H](Cc2ccccc2)[C@H](O)CNCc2cccc(C(F)(F)F)c2)cc(N2CCCS2(O)O)c1. The average Bonchev–Trinajstić information content (AvgIpc) is 3.31. The molecule has 0 aromatic heterocycles. The maximum absolute atomic E-state index is 13.6. The lowest BCUT2D eigenvalue weighted by molar-refractivity contribution is -0.137. The standard InChI is InChI=1S/C31H38F3N3O5S/c1-21(2)42-27-17-24(16-26(18-27)37-12-7-13-43(37,40)41)30(39)36-28(15-22-8-4-3-5-9-22)29(38)20-35-19-23-10-6-11-25(14-23)31(32,33)34/h3-6,8-11,14,16-18,21,28-29,35,38,40-41H,7,12-13,15,19-20H2,1-2H3,(H,36,39)/t28-,29+/m0/s1. The summed E-state index contributed by atoms with van der Waals surface area (Å²) < 4.78 is 67.7. The van der Waals surface area contributed by atoms with E-state index < -0.39 is 40.6 Å². The first-order chi connectivity index (χ1) is 20.3. The third-order valence-corrected chi connectivity index (χ3v) is 8.90. The number of aliphatic hydroxyl groups is 1. The number of rotatable bonds is 12. The molecular formula is C31H38F3N3O5S. The number of amides is 1. The molecule has 1 aliphatic rings. The summed E-state index contributed by atoms with van der Waals surface area (Å²) in [7, 11) is -3.01. The highest BCUT2D eigenvalue weighted by Gasteiger charge is 2.31. The largest absolute Gasteiger partial charge is 0.491 e. The Morgan fingerprint density at radius 2 is 1.74 bits per heavy atom. The molecule has 8 nitrogen and oxygen atoms in total. The summed E-state index contributed by atoms with van der Waals surface area (Å²) in [6.45, 7) is 4.20. The summed E-state index contributed by atoms with van der Waals surface area (Å²) in [4.78, 5) is 13.6. The molecule has 0 unspecified atom stereocenters. The number of ether oxygens (including phenoxy) is 1. The van der Waals surface area contributed by atoms with Gasteiger partial charge in [0, 0.05) is 31.3 Å². The highest BCUT2D eigenvalue weighted by Crippen LogP contribution is 2.51. The van der Waals surface area contributed by atoms with Crippen LogP contribution in [0.2, 0.25) is 0 Å². The van der Waals surface area contributed by atoms with Crippen LogP contribution in [0.5, 0.6) is 5.75 Å². The number of hydrogen-bond acceptors (Lipinski definition) is 7. The molecule has 0 spiro atoms. The minimum Gasteiger partial charge on any atom is -0.491 e. The number of aliphatic hydroxyl groups excluding tert-OH is 1. The van der Waals surface area contributed by atoms with Gasteiger partial charge in [0.15, 0.2) is 0 Å². The highest BCUT2D eigenvalue weighted by atomic mass is 32.3. The molecule has 1 saturated heterocycles. The molecule has 1 fully saturated rings. The van der Waals surface area contributed by atoms with Gasteiger partial charge in [-0.25, -0.2) is 0 Å². The monoisotopic (exact) mass is 621 g/mol. The number of halogens is 3. The molecule has 0 saturated carbocycles. The Morgan fingerprint density at radius 1 is 1.02 bits per heavy atom. The van der Waals surface area contributed by atoms with Crippen LogP contribution in [0, 0.1) is 0 Å². The molecule has 43 heavy (non-hydrogen) atoms. The molecule has 12 heteroatoms. The van der Waals surface area contributed by atoms with Gasteiger partial charge in [0.25, 0.3) is 5.91 Å². The van der Waals surface area contributed by atoms with E-state index in [-0.39, 0.29) is 30.5 Å². The van der Waals surface area contributed by atoms with Gasteiger partial charge in [0.2, 0.25) is 0 Å². The number of anilines is 1. The van der Waals surface area contributed by atoms with Crippen LogP contribution in [0.4, 0.5) is 18.9 Å². The molecule has 2 atom stereocenters. The van der Waals surface area contributed by atoms with Crippen molar-refractivity contribution in [3.05, 3.63) is 95.1 Å². The number of nitrogens with one attached hydrogen (secondary N) is 2. The number of carbonyl (C=O) groups excluding carboxylic acids is 1. The Morgan fingerprint density at radius 3 is 2.40 bits per heavy atom. The summed E-state index contributed by atoms with van der Waals surface area (Å²) in [6.07, 6.45) is -4.85. The summed E-state index contributed by atoms with van der Waals surface area (Å²) >= 11 is 0.